The van der Waals surface area contributed by atoms with E-state index in [-0.39, 0.29) is 6.42 Å². The number of anilines is 1. The molecule has 0 unspecified atom stereocenters. The smallest absolute Gasteiger partial charge is 0.306 e. The second-order valence-corrected chi connectivity index (χ2v) is 5.89. The number of nitriles is 1. The zero-order valence-corrected chi connectivity index (χ0v) is 13.4. The van der Waals surface area contributed by atoms with Crippen molar-refractivity contribution in [3.05, 3.63) is 52.2 Å². The summed E-state index contributed by atoms with van der Waals surface area (Å²) in [6, 6.07) is 12.5. The molecule has 0 spiro atoms. The molecule has 0 aliphatic heterocycles. The number of aryl methyl sites for hydroxylation is 1. The molecular formula is C17H16N2O3S. The van der Waals surface area contributed by atoms with Crippen molar-refractivity contribution in [2.45, 2.75) is 25.9 Å². The minimum Gasteiger partial charge on any atom is -0.453 e. The van der Waals surface area contributed by atoms with Gasteiger partial charge in [0.15, 0.2) is 6.10 Å². The zero-order valence-electron chi connectivity index (χ0n) is 12.6. The molecule has 118 valence electrons. The molecule has 1 atom stereocenters. The fourth-order valence-electron chi connectivity index (χ4n) is 1.91. The number of carbonyl (C=O) groups excluding carboxylic acids is 2. The van der Waals surface area contributed by atoms with Gasteiger partial charge in [-0.3, -0.25) is 9.59 Å². The number of benzene rings is 1. The fraction of sp³-hybridized carbons (Fsp3) is 0.235. The monoisotopic (exact) mass is 328 g/mol. The Morgan fingerprint density at radius 3 is 2.78 bits per heavy atom. The SMILES string of the molecule is C[C@@H](OC(=O)CCc1cccs1)C(=O)Nc1ccccc1C#N. The van der Waals surface area contributed by atoms with Gasteiger partial charge < -0.3 is 10.1 Å². The lowest BCUT2D eigenvalue weighted by molar-refractivity contribution is -0.153. The van der Waals surface area contributed by atoms with E-state index in [1.165, 1.54) is 6.92 Å². The lowest BCUT2D eigenvalue weighted by atomic mass is 10.2. The van der Waals surface area contributed by atoms with Crippen LogP contribution in [0.1, 0.15) is 23.8 Å². The highest BCUT2D eigenvalue weighted by atomic mass is 32.1. The summed E-state index contributed by atoms with van der Waals surface area (Å²) in [7, 11) is 0. The van der Waals surface area contributed by atoms with Crippen LogP contribution in [0.15, 0.2) is 41.8 Å². The third-order valence-corrected chi connectivity index (χ3v) is 4.07. The van der Waals surface area contributed by atoms with Gasteiger partial charge in [-0.15, -0.1) is 11.3 Å². The van der Waals surface area contributed by atoms with E-state index in [4.69, 9.17) is 10.00 Å². The molecule has 23 heavy (non-hydrogen) atoms. The molecule has 5 nitrogen and oxygen atoms in total. The van der Waals surface area contributed by atoms with Gasteiger partial charge in [0.2, 0.25) is 0 Å². The van der Waals surface area contributed by atoms with Gasteiger partial charge in [0.25, 0.3) is 5.91 Å². The number of nitrogens with zero attached hydrogens (tertiary/aromatic N) is 1. The van der Waals surface area contributed by atoms with E-state index in [2.05, 4.69) is 5.32 Å². The van der Waals surface area contributed by atoms with Gasteiger partial charge in [-0.1, -0.05) is 18.2 Å². The number of hydrogen-bond acceptors (Lipinski definition) is 5. The molecule has 0 saturated heterocycles. The summed E-state index contributed by atoms with van der Waals surface area (Å²) in [6.07, 6.45) is -0.0905. The topological polar surface area (TPSA) is 79.2 Å². The molecule has 0 bridgehead atoms. The summed E-state index contributed by atoms with van der Waals surface area (Å²) in [5.41, 5.74) is 0.763. The first-order valence-corrected chi connectivity index (χ1v) is 8.00. The Hall–Kier alpha value is -2.65. The van der Waals surface area contributed by atoms with Crippen LogP contribution < -0.4 is 5.32 Å². The maximum atomic E-state index is 12.1. The summed E-state index contributed by atoms with van der Waals surface area (Å²) in [5.74, 6) is -0.883. The number of nitrogens with one attached hydrogen (secondary N) is 1. The Bertz CT molecular complexity index is 720. The number of para-hydroxylation sites is 1. The van der Waals surface area contributed by atoms with Crippen LogP contribution in [0.2, 0.25) is 0 Å². The van der Waals surface area contributed by atoms with Gasteiger partial charge in [0.1, 0.15) is 6.07 Å². The van der Waals surface area contributed by atoms with Crippen molar-refractivity contribution in [1.29, 1.82) is 5.26 Å². The highest BCUT2D eigenvalue weighted by molar-refractivity contribution is 7.09. The van der Waals surface area contributed by atoms with E-state index >= 15 is 0 Å². The van der Waals surface area contributed by atoms with Crippen molar-refractivity contribution < 1.29 is 14.3 Å². The molecule has 1 amide bonds. The van der Waals surface area contributed by atoms with Crippen molar-refractivity contribution >= 4 is 28.9 Å². The molecule has 6 heteroatoms. The molecule has 2 rings (SSSR count). The van der Waals surface area contributed by atoms with Gasteiger partial charge >= 0.3 is 5.97 Å². The minimum atomic E-state index is -0.919. The standard InChI is InChI=1S/C17H16N2O3S/c1-12(22-16(20)9-8-14-6-4-10-23-14)17(21)19-15-7-3-2-5-13(15)11-18/h2-7,10,12H,8-9H2,1H3,(H,19,21)/t12-/m1/s1. The Labute approximate surface area is 138 Å². The molecule has 1 heterocycles. The van der Waals surface area contributed by atoms with Crippen molar-refractivity contribution in [3.63, 3.8) is 0 Å². The average molecular weight is 328 g/mol. The summed E-state index contributed by atoms with van der Waals surface area (Å²) < 4.78 is 5.13. The molecule has 0 fully saturated rings. The highest BCUT2D eigenvalue weighted by Gasteiger charge is 2.18. The van der Waals surface area contributed by atoms with Crippen molar-refractivity contribution in [2.24, 2.45) is 0 Å². The molecule has 0 aliphatic rings. The maximum Gasteiger partial charge on any atom is 0.306 e. The van der Waals surface area contributed by atoms with Crippen LogP contribution >= 0.6 is 11.3 Å². The predicted molar refractivity (Wildman–Crippen MR) is 88.0 cm³/mol. The molecule has 0 aliphatic carbocycles. The lowest BCUT2D eigenvalue weighted by Gasteiger charge is -2.14. The Kier molecular flexibility index (Phi) is 5.89. The van der Waals surface area contributed by atoms with E-state index < -0.39 is 18.0 Å². The molecular weight excluding hydrogens is 312 g/mol. The van der Waals surface area contributed by atoms with Gasteiger partial charge in [-0.2, -0.15) is 5.26 Å². The van der Waals surface area contributed by atoms with Gasteiger partial charge in [0.05, 0.1) is 17.7 Å². The van der Waals surface area contributed by atoms with Crippen LogP contribution in [0.3, 0.4) is 0 Å². The Balaban J connectivity index is 1.85. The Morgan fingerprint density at radius 2 is 2.09 bits per heavy atom. The number of ether oxygens (including phenoxy) is 1. The summed E-state index contributed by atoms with van der Waals surface area (Å²) in [6.45, 7) is 1.51. The third kappa shape index (κ3) is 4.94. The predicted octanol–water partition coefficient (Wildman–Crippen LogP) is 3.12. The van der Waals surface area contributed by atoms with Crippen molar-refractivity contribution in [2.75, 3.05) is 5.32 Å². The normalized spacial score (nSPS) is 11.3. The van der Waals surface area contributed by atoms with E-state index in [9.17, 15) is 9.59 Å². The van der Waals surface area contributed by atoms with Gasteiger partial charge in [-0.25, -0.2) is 0 Å². The minimum absolute atomic E-state index is 0.229. The van der Waals surface area contributed by atoms with E-state index in [0.717, 1.165) is 4.88 Å². The number of carbonyl (C=O) groups is 2. The fourth-order valence-corrected chi connectivity index (χ4v) is 2.62. The van der Waals surface area contributed by atoms with Crippen molar-refractivity contribution in [1.82, 2.24) is 0 Å². The summed E-state index contributed by atoms with van der Waals surface area (Å²) in [5, 5.41) is 13.5. The van der Waals surface area contributed by atoms with Gasteiger partial charge in [0, 0.05) is 4.88 Å². The first kappa shape index (κ1) is 16.7. The maximum absolute atomic E-state index is 12.1. The number of esters is 1. The van der Waals surface area contributed by atoms with Crippen LogP contribution in [0.5, 0.6) is 0 Å². The van der Waals surface area contributed by atoms with E-state index in [0.29, 0.717) is 17.7 Å². The second kappa shape index (κ2) is 8.11. The third-order valence-electron chi connectivity index (χ3n) is 3.14. The van der Waals surface area contributed by atoms with Crippen LogP contribution in [0.25, 0.3) is 0 Å². The van der Waals surface area contributed by atoms with Crippen LogP contribution in [-0.2, 0) is 20.7 Å². The summed E-state index contributed by atoms with van der Waals surface area (Å²) >= 11 is 1.58. The van der Waals surface area contributed by atoms with Crippen LogP contribution in [0.4, 0.5) is 5.69 Å². The number of hydrogen-bond donors (Lipinski definition) is 1. The molecule has 1 aromatic carbocycles. The largest absolute Gasteiger partial charge is 0.453 e. The van der Waals surface area contributed by atoms with Crippen LogP contribution in [-0.4, -0.2) is 18.0 Å². The average Bonchev–Trinajstić information content (AvgIpc) is 3.06. The number of thiophene rings is 1. The Morgan fingerprint density at radius 1 is 1.30 bits per heavy atom. The number of rotatable bonds is 6. The van der Waals surface area contributed by atoms with Crippen LogP contribution in [0, 0.1) is 11.3 Å². The summed E-state index contributed by atoms with van der Waals surface area (Å²) in [4.78, 5) is 24.9. The molecule has 0 saturated carbocycles. The molecule has 0 radical (unpaired) electrons. The van der Waals surface area contributed by atoms with Crippen molar-refractivity contribution in [3.8, 4) is 6.07 Å². The van der Waals surface area contributed by atoms with E-state index in [1.54, 1.807) is 35.6 Å². The quantitative estimate of drug-likeness (QED) is 0.826. The molecule has 1 N–H and O–H groups in total. The lowest BCUT2D eigenvalue weighted by Crippen LogP contribution is -2.30. The highest BCUT2D eigenvalue weighted by Crippen LogP contribution is 2.15. The van der Waals surface area contributed by atoms with Gasteiger partial charge in [-0.05, 0) is 36.9 Å². The zero-order chi connectivity index (χ0) is 16.7. The number of amides is 1. The molecule has 1 aromatic heterocycles. The first-order valence-electron chi connectivity index (χ1n) is 7.12. The van der Waals surface area contributed by atoms with E-state index in [1.807, 2.05) is 23.6 Å². The first-order chi connectivity index (χ1) is 11.1. The molecule has 2 aromatic rings. The second-order valence-electron chi connectivity index (χ2n) is 4.86.